The number of hydrogen-bond donors (Lipinski definition) is 2. The highest BCUT2D eigenvalue weighted by Crippen LogP contribution is 2.34. The van der Waals surface area contributed by atoms with Gasteiger partial charge in [-0.15, -0.1) is 10.2 Å². The lowest BCUT2D eigenvalue weighted by Crippen LogP contribution is -2.36. The van der Waals surface area contributed by atoms with Crippen LogP contribution in [0.2, 0.25) is 0 Å². The zero-order valence-corrected chi connectivity index (χ0v) is 19.8. The summed E-state index contributed by atoms with van der Waals surface area (Å²) in [5.74, 6) is 0.608. The molecule has 4 rings (SSSR count). The van der Waals surface area contributed by atoms with Crippen LogP contribution in [0.15, 0.2) is 53.9 Å². The molecule has 174 valence electrons. The van der Waals surface area contributed by atoms with Gasteiger partial charge in [-0.3, -0.25) is 0 Å². The van der Waals surface area contributed by atoms with Crippen LogP contribution in [0, 0.1) is 0 Å². The fraction of sp³-hybridized carbons (Fsp3) is 0.348. The summed E-state index contributed by atoms with van der Waals surface area (Å²) in [7, 11) is 3.51. The molecule has 0 aliphatic carbocycles. The average Bonchev–Trinajstić information content (AvgIpc) is 3.24. The molecule has 1 unspecified atom stereocenters. The van der Waals surface area contributed by atoms with Gasteiger partial charge in [0.15, 0.2) is 5.16 Å². The Labute approximate surface area is 197 Å². The van der Waals surface area contributed by atoms with Gasteiger partial charge in [-0.25, -0.2) is 4.79 Å². The van der Waals surface area contributed by atoms with E-state index in [9.17, 15) is 4.79 Å². The maximum absolute atomic E-state index is 12.7. The van der Waals surface area contributed by atoms with Crippen molar-refractivity contribution in [2.75, 3.05) is 48.9 Å². The number of anilines is 3. The fourth-order valence-electron chi connectivity index (χ4n) is 3.56. The maximum Gasteiger partial charge on any atom is 0.323 e. The van der Waals surface area contributed by atoms with Gasteiger partial charge >= 0.3 is 6.03 Å². The quantitative estimate of drug-likeness (QED) is 0.503. The third kappa shape index (κ3) is 5.77. The number of carbonyl (C=O) groups excluding carboxylic acids is 1. The van der Waals surface area contributed by atoms with Crippen LogP contribution >= 0.6 is 11.8 Å². The topological polar surface area (TPSA) is 93.5 Å². The first-order chi connectivity index (χ1) is 16.0. The van der Waals surface area contributed by atoms with Crippen molar-refractivity contribution < 1.29 is 14.3 Å². The Bertz CT molecular complexity index is 1100. The van der Waals surface area contributed by atoms with Crippen molar-refractivity contribution in [3.63, 3.8) is 0 Å². The minimum Gasteiger partial charge on any atom is -0.494 e. The predicted molar refractivity (Wildman–Crippen MR) is 130 cm³/mol. The van der Waals surface area contributed by atoms with E-state index >= 15 is 0 Å². The minimum atomic E-state index is -0.335. The smallest absolute Gasteiger partial charge is 0.323 e. The zero-order valence-electron chi connectivity index (χ0n) is 18.9. The third-order valence-corrected chi connectivity index (χ3v) is 6.58. The van der Waals surface area contributed by atoms with Crippen molar-refractivity contribution in [1.29, 1.82) is 0 Å². The lowest BCUT2D eigenvalue weighted by molar-refractivity contribution is 0.122. The molecule has 1 atom stereocenters. The molecule has 33 heavy (non-hydrogen) atoms. The first kappa shape index (κ1) is 22.9. The van der Waals surface area contributed by atoms with Crippen molar-refractivity contribution in [1.82, 2.24) is 14.8 Å². The van der Waals surface area contributed by atoms with Crippen LogP contribution < -0.4 is 20.3 Å². The number of urea groups is 1. The van der Waals surface area contributed by atoms with Crippen molar-refractivity contribution in [2.24, 2.45) is 7.05 Å². The molecule has 0 spiro atoms. The molecule has 3 aromatic rings. The highest BCUT2D eigenvalue weighted by molar-refractivity contribution is 7.99. The summed E-state index contributed by atoms with van der Waals surface area (Å²) in [5.41, 5.74) is 3.44. The molecule has 2 heterocycles. The molecule has 10 heteroatoms. The van der Waals surface area contributed by atoms with E-state index in [0.717, 1.165) is 29.5 Å². The highest BCUT2D eigenvalue weighted by Gasteiger charge is 2.16. The van der Waals surface area contributed by atoms with Crippen molar-refractivity contribution >= 4 is 34.9 Å². The van der Waals surface area contributed by atoms with Crippen LogP contribution in [0.3, 0.4) is 0 Å². The van der Waals surface area contributed by atoms with Crippen molar-refractivity contribution in [2.45, 2.75) is 17.3 Å². The second-order valence-electron chi connectivity index (χ2n) is 7.67. The normalized spacial score (nSPS) is 14.6. The SMILES string of the molecule is COc1cc(N2CCOCC2)ccc1NC(=O)Nc1cccc(C(C)Sc2nncn2C)c1. The van der Waals surface area contributed by atoms with Crippen molar-refractivity contribution in [3.05, 3.63) is 54.4 Å². The Morgan fingerprint density at radius 1 is 1.18 bits per heavy atom. The van der Waals surface area contributed by atoms with Gasteiger partial charge in [0.1, 0.15) is 12.1 Å². The molecule has 0 radical (unpaired) electrons. The molecular weight excluding hydrogens is 440 g/mol. The molecule has 0 saturated carbocycles. The van der Waals surface area contributed by atoms with Gasteiger partial charge in [-0.1, -0.05) is 23.9 Å². The number of nitrogens with one attached hydrogen (secondary N) is 2. The monoisotopic (exact) mass is 468 g/mol. The number of thioether (sulfide) groups is 1. The number of nitrogens with zero attached hydrogens (tertiary/aromatic N) is 4. The predicted octanol–water partition coefficient (Wildman–Crippen LogP) is 4.16. The first-order valence-electron chi connectivity index (χ1n) is 10.7. The van der Waals surface area contributed by atoms with Crippen LogP contribution in [-0.4, -0.2) is 54.2 Å². The molecule has 1 fully saturated rings. The van der Waals surface area contributed by atoms with E-state index in [-0.39, 0.29) is 11.3 Å². The van der Waals surface area contributed by atoms with Crippen LogP contribution in [0.1, 0.15) is 17.7 Å². The summed E-state index contributed by atoms with van der Waals surface area (Å²) in [6.45, 7) is 5.18. The highest BCUT2D eigenvalue weighted by atomic mass is 32.2. The number of morpholine rings is 1. The molecule has 2 N–H and O–H groups in total. The van der Waals surface area contributed by atoms with Gasteiger partial charge in [0, 0.05) is 42.8 Å². The van der Waals surface area contributed by atoms with Crippen molar-refractivity contribution in [3.8, 4) is 5.75 Å². The van der Waals surface area contributed by atoms with E-state index in [1.54, 1.807) is 25.2 Å². The summed E-state index contributed by atoms with van der Waals surface area (Å²) in [6, 6.07) is 13.2. The Balaban J connectivity index is 1.40. The van der Waals surface area contributed by atoms with Gasteiger partial charge < -0.3 is 29.6 Å². The van der Waals surface area contributed by atoms with Crippen LogP contribution in [0.5, 0.6) is 5.75 Å². The minimum absolute atomic E-state index is 0.144. The third-order valence-electron chi connectivity index (χ3n) is 5.38. The number of benzene rings is 2. The molecule has 2 aromatic carbocycles. The largest absolute Gasteiger partial charge is 0.494 e. The lowest BCUT2D eigenvalue weighted by Gasteiger charge is -2.29. The molecule has 9 nitrogen and oxygen atoms in total. The summed E-state index contributed by atoms with van der Waals surface area (Å²) in [4.78, 5) is 14.9. The Morgan fingerprint density at radius 2 is 2.00 bits per heavy atom. The summed E-state index contributed by atoms with van der Waals surface area (Å²) in [6.07, 6.45) is 1.68. The summed E-state index contributed by atoms with van der Waals surface area (Å²) >= 11 is 1.61. The number of aromatic nitrogens is 3. The standard InChI is InChI=1S/C23H28N6O3S/c1-16(33-23-27-24-15-28(23)2)17-5-4-6-18(13-17)25-22(30)26-20-8-7-19(14-21(20)31-3)29-9-11-32-12-10-29/h4-8,13-16H,9-12H2,1-3H3,(H2,25,26,30). The Morgan fingerprint density at radius 3 is 2.73 bits per heavy atom. The van der Waals surface area contributed by atoms with Gasteiger partial charge in [-0.05, 0) is 36.8 Å². The molecule has 1 aliphatic heterocycles. The first-order valence-corrected chi connectivity index (χ1v) is 11.6. The molecule has 0 bridgehead atoms. The summed E-state index contributed by atoms with van der Waals surface area (Å²) < 4.78 is 12.8. The molecule has 1 saturated heterocycles. The van der Waals surface area contributed by atoms with Gasteiger partial charge in [0.25, 0.3) is 0 Å². The number of methoxy groups -OCH3 is 1. The molecular formula is C23H28N6O3S. The van der Waals surface area contributed by atoms with E-state index in [2.05, 4.69) is 32.7 Å². The second kappa shape index (κ2) is 10.6. The molecule has 1 aromatic heterocycles. The van der Waals surface area contributed by atoms with Gasteiger partial charge in [0.05, 0.1) is 26.0 Å². The Hall–Kier alpha value is -3.24. The van der Waals surface area contributed by atoms with Crippen LogP contribution in [0.4, 0.5) is 21.9 Å². The fourth-order valence-corrected chi connectivity index (χ4v) is 4.47. The Kier molecular flexibility index (Phi) is 7.36. The number of rotatable bonds is 7. The number of aryl methyl sites for hydroxylation is 1. The van der Waals surface area contributed by atoms with Gasteiger partial charge in [0.2, 0.25) is 0 Å². The van der Waals surface area contributed by atoms with Crippen LogP contribution in [0.25, 0.3) is 0 Å². The second-order valence-corrected chi connectivity index (χ2v) is 8.98. The van der Waals surface area contributed by atoms with E-state index in [4.69, 9.17) is 9.47 Å². The number of carbonyl (C=O) groups is 1. The van der Waals surface area contributed by atoms with E-state index in [1.807, 2.05) is 54.1 Å². The van der Waals surface area contributed by atoms with E-state index < -0.39 is 0 Å². The average molecular weight is 469 g/mol. The molecule has 2 amide bonds. The number of hydrogen-bond acceptors (Lipinski definition) is 7. The van der Waals surface area contributed by atoms with E-state index in [1.165, 1.54) is 0 Å². The molecule has 1 aliphatic rings. The summed E-state index contributed by atoms with van der Waals surface area (Å²) in [5, 5.41) is 14.8. The lowest BCUT2D eigenvalue weighted by atomic mass is 10.1. The number of ether oxygens (including phenoxy) is 2. The van der Waals surface area contributed by atoms with Gasteiger partial charge in [-0.2, -0.15) is 0 Å². The van der Waals surface area contributed by atoms with Crippen LogP contribution in [-0.2, 0) is 11.8 Å². The number of amides is 2. The zero-order chi connectivity index (χ0) is 23.2. The van der Waals surface area contributed by atoms with E-state index in [0.29, 0.717) is 30.3 Å². The maximum atomic E-state index is 12.7.